The van der Waals surface area contributed by atoms with Gasteiger partial charge in [-0.25, -0.2) is 0 Å². The molecule has 5 nitrogen and oxygen atoms in total. The molecule has 1 unspecified atom stereocenters. The summed E-state index contributed by atoms with van der Waals surface area (Å²) in [4.78, 5) is 2.35. The minimum atomic E-state index is 0.296. The smallest absolute Gasteiger partial charge is 0.134 e. The van der Waals surface area contributed by atoms with Gasteiger partial charge in [-0.05, 0) is 25.3 Å². The summed E-state index contributed by atoms with van der Waals surface area (Å²) >= 11 is 1.40. The largest absolute Gasteiger partial charge is 0.396 e. The van der Waals surface area contributed by atoms with Gasteiger partial charge in [0.25, 0.3) is 0 Å². The van der Waals surface area contributed by atoms with Crippen molar-refractivity contribution >= 4 is 16.5 Å². The van der Waals surface area contributed by atoms with Gasteiger partial charge in [0.1, 0.15) is 10.7 Å². The number of nitrogens with one attached hydrogen (secondary N) is 1. The molecule has 1 aromatic rings. The van der Waals surface area contributed by atoms with Crippen LogP contribution in [0.25, 0.3) is 0 Å². The van der Waals surface area contributed by atoms with E-state index in [1.54, 1.807) is 0 Å². The number of aromatic nitrogens is 2. The summed E-state index contributed by atoms with van der Waals surface area (Å²) in [6.07, 6.45) is 2.30. The second-order valence-corrected chi connectivity index (χ2v) is 4.98. The molecule has 1 aliphatic rings. The van der Waals surface area contributed by atoms with Gasteiger partial charge in [-0.15, -0.1) is 5.10 Å². The number of aliphatic hydroxyl groups excluding tert-OH is 1. The fraction of sp³-hybridized carbons (Fsp3) is 0.800. The van der Waals surface area contributed by atoms with E-state index in [1.807, 2.05) is 7.05 Å². The minimum absolute atomic E-state index is 0.296. The predicted octanol–water partition coefficient (Wildman–Crippen LogP) is 0.784. The first-order chi connectivity index (χ1) is 7.83. The van der Waals surface area contributed by atoms with Crippen molar-refractivity contribution in [3.63, 3.8) is 0 Å². The molecule has 1 aromatic heterocycles. The lowest BCUT2D eigenvalue weighted by molar-refractivity contribution is 0.115. The first kappa shape index (κ1) is 11.8. The van der Waals surface area contributed by atoms with Gasteiger partial charge in [0.15, 0.2) is 0 Å². The highest BCUT2D eigenvalue weighted by Gasteiger charge is 2.20. The van der Waals surface area contributed by atoms with Crippen molar-refractivity contribution in [2.24, 2.45) is 5.92 Å². The zero-order chi connectivity index (χ0) is 11.4. The first-order valence-corrected chi connectivity index (χ1v) is 6.43. The van der Waals surface area contributed by atoms with Crippen molar-refractivity contribution in [3.8, 4) is 0 Å². The van der Waals surface area contributed by atoms with Crippen LogP contribution in [0.4, 0.5) is 5.00 Å². The molecule has 1 atom stereocenters. The van der Waals surface area contributed by atoms with E-state index in [2.05, 4.69) is 19.8 Å². The number of likely N-dealkylation sites (tertiary alicyclic amines) is 1. The molecule has 0 aromatic carbocycles. The number of rotatable bonds is 4. The van der Waals surface area contributed by atoms with Crippen molar-refractivity contribution in [1.29, 1.82) is 0 Å². The molecule has 1 saturated heterocycles. The van der Waals surface area contributed by atoms with E-state index in [0.29, 0.717) is 12.5 Å². The molecule has 1 fully saturated rings. The summed E-state index contributed by atoms with van der Waals surface area (Å²) in [5.41, 5.74) is 1.02. The standard InChI is InChI=1S/C10H18N4OS/c1-11-10-9(12-13-16-10)6-14-4-2-3-8(5-14)7-15/h8,11,15H,2-7H2,1H3. The zero-order valence-electron chi connectivity index (χ0n) is 9.52. The number of nitrogens with zero attached hydrogens (tertiary/aromatic N) is 3. The highest BCUT2D eigenvalue weighted by molar-refractivity contribution is 7.10. The molecule has 2 N–H and O–H groups in total. The summed E-state index contributed by atoms with van der Waals surface area (Å²) in [6, 6.07) is 0. The fourth-order valence-corrected chi connectivity index (χ4v) is 2.68. The van der Waals surface area contributed by atoms with Gasteiger partial charge in [0.2, 0.25) is 0 Å². The Labute approximate surface area is 99.6 Å². The lowest BCUT2D eigenvalue weighted by atomic mass is 9.99. The molecule has 0 bridgehead atoms. The van der Waals surface area contributed by atoms with E-state index in [9.17, 15) is 5.11 Å². The number of aliphatic hydroxyl groups is 1. The molecule has 0 radical (unpaired) electrons. The molecule has 0 aliphatic carbocycles. The Morgan fingerprint density at radius 1 is 1.62 bits per heavy atom. The van der Waals surface area contributed by atoms with Crippen LogP contribution in [0.3, 0.4) is 0 Å². The van der Waals surface area contributed by atoms with Crippen molar-refractivity contribution in [2.45, 2.75) is 19.4 Å². The Bertz CT molecular complexity index is 330. The van der Waals surface area contributed by atoms with Crippen LogP contribution in [-0.4, -0.2) is 46.3 Å². The quantitative estimate of drug-likeness (QED) is 0.817. The molecule has 0 saturated carbocycles. The third kappa shape index (κ3) is 2.69. The summed E-state index contributed by atoms with van der Waals surface area (Å²) in [5.74, 6) is 0.429. The lowest BCUT2D eigenvalue weighted by Gasteiger charge is -2.31. The van der Waals surface area contributed by atoms with Gasteiger partial charge in [-0.3, -0.25) is 4.90 Å². The van der Waals surface area contributed by atoms with Crippen molar-refractivity contribution in [3.05, 3.63) is 5.69 Å². The van der Waals surface area contributed by atoms with Crippen LogP contribution in [0.5, 0.6) is 0 Å². The molecule has 2 rings (SSSR count). The Balaban J connectivity index is 1.93. The third-order valence-corrected chi connectivity index (χ3v) is 3.80. The minimum Gasteiger partial charge on any atom is -0.396 e. The zero-order valence-corrected chi connectivity index (χ0v) is 10.3. The van der Waals surface area contributed by atoms with Gasteiger partial charge in [0.05, 0.1) is 0 Å². The van der Waals surface area contributed by atoms with Crippen LogP contribution in [0.2, 0.25) is 0 Å². The summed E-state index contributed by atoms with van der Waals surface area (Å²) in [6.45, 7) is 3.20. The molecular weight excluding hydrogens is 224 g/mol. The maximum atomic E-state index is 9.17. The Kier molecular flexibility index (Phi) is 4.09. The second kappa shape index (κ2) is 5.56. The third-order valence-electron chi connectivity index (χ3n) is 3.02. The maximum absolute atomic E-state index is 9.17. The second-order valence-electron chi connectivity index (χ2n) is 4.22. The highest BCUT2D eigenvalue weighted by Crippen LogP contribution is 2.22. The average molecular weight is 242 g/mol. The number of hydrogen-bond donors (Lipinski definition) is 2. The van der Waals surface area contributed by atoms with Crippen molar-refractivity contribution < 1.29 is 5.11 Å². The molecule has 2 heterocycles. The maximum Gasteiger partial charge on any atom is 0.134 e. The summed E-state index contributed by atoms with van der Waals surface area (Å²) in [7, 11) is 1.89. The van der Waals surface area contributed by atoms with E-state index in [1.165, 1.54) is 11.5 Å². The first-order valence-electron chi connectivity index (χ1n) is 5.65. The van der Waals surface area contributed by atoms with E-state index >= 15 is 0 Å². The monoisotopic (exact) mass is 242 g/mol. The molecule has 90 valence electrons. The van der Waals surface area contributed by atoms with E-state index < -0.39 is 0 Å². The Hall–Kier alpha value is -0.720. The summed E-state index contributed by atoms with van der Waals surface area (Å²) in [5, 5.41) is 17.5. The van der Waals surface area contributed by atoms with Crippen LogP contribution in [0, 0.1) is 5.92 Å². The predicted molar refractivity (Wildman–Crippen MR) is 64.5 cm³/mol. The van der Waals surface area contributed by atoms with Crippen LogP contribution in [0.1, 0.15) is 18.5 Å². The van der Waals surface area contributed by atoms with E-state index in [0.717, 1.165) is 43.2 Å². The molecule has 0 amide bonds. The van der Waals surface area contributed by atoms with Crippen LogP contribution < -0.4 is 5.32 Å². The molecule has 6 heteroatoms. The molecule has 0 spiro atoms. The van der Waals surface area contributed by atoms with Gasteiger partial charge >= 0.3 is 0 Å². The van der Waals surface area contributed by atoms with Gasteiger partial charge < -0.3 is 10.4 Å². The lowest BCUT2D eigenvalue weighted by Crippen LogP contribution is -2.36. The highest BCUT2D eigenvalue weighted by atomic mass is 32.1. The van der Waals surface area contributed by atoms with Gasteiger partial charge in [-0.1, -0.05) is 4.49 Å². The van der Waals surface area contributed by atoms with Gasteiger partial charge in [0, 0.05) is 38.3 Å². The van der Waals surface area contributed by atoms with E-state index in [-0.39, 0.29) is 0 Å². The van der Waals surface area contributed by atoms with Gasteiger partial charge in [-0.2, -0.15) is 0 Å². The topological polar surface area (TPSA) is 61.3 Å². The van der Waals surface area contributed by atoms with E-state index in [4.69, 9.17) is 0 Å². The average Bonchev–Trinajstić information content (AvgIpc) is 2.76. The SMILES string of the molecule is CNc1snnc1CN1CCCC(CO)C1. The fourth-order valence-electron chi connectivity index (χ4n) is 2.16. The molecule has 16 heavy (non-hydrogen) atoms. The Morgan fingerprint density at radius 3 is 3.25 bits per heavy atom. The van der Waals surface area contributed by atoms with Crippen molar-refractivity contribution in [1.82, 2.24) is 14.5 Å². The normalized spacial score (nSPS) is 22.2. The summed E-state index contributed by atoms with van der Waals surface area (Å²) < 4.78 is 3.95. The number of anilines is 1. The molecular formula is C10H18N4OS. The van der Waals surface area contributed by atoms with Crippen LogP contribution in [0.15, 0.2) is 0 Å². The molecule has 1 aliphatic heterocycles. The number of hydrogen-bond acceptors (Lipinski definition) is 6. The number of piperidine rings is 1. The van der Waals surface area contributed by atoms with Crippen molar-refractivity contribution in [2.75, 3.05) is 32.1 Å². The van der Waals surface area contributed by atoms with Crippen LogP contribution in [-0.2, 0) is 6.54 Å². The Morgan fingerprint density at radius 2 is 2.50 bits per heavy atom. The van der Waals surface area contributed by atoms with Crippen LogP contribution >= 0.6 is 11.5 Å².